The number of rotatable bonds is 3. The van der Waals surface area contributed by atoms with Crippen LogP contribution in [0, 0.1) is 0 Å². The molecule has 238 valence electrons. The van der Waals surface area contributed by atoms with E-state index in [0.29, 0.717) is 5.82 Å². The summed E-state index contributed by atoms with van der Waals surface area (Å²) in [4.78, 5) is 10.5. The van der Waals surface area contributed by atoms with Gasteiger partial charge in [0.2, 0.25) is 0 Å². The fourth-order valence-electron chi connectivity index (χ4n) is 8.41. The van der Waals surface area contributed by atoms with E-state index in [-0.39, 0.29) is 0 Å². The zero-order valence-corrected chi connectivity index (χ0v) is 27.4. The highest BCUT2D eigenvalue weighted by Crippen LogP contribution is 2.63. The summed E-state index contributed by atoms with van der Waals surface area (Å²) in [6, 6.07) is 59.3. The van der Waals surface area contributed by atoms with Crippen LogP contribution in [0.1, 0.15) is 22.3 Å². The number of nitrogens with zero attached hydrogens (tertiary/aromatic N) is 2. The van der Waals surface area contributed by atoms with Crippen molar-refractivity contribution in [1.82, 2.24) is 9.97 Å². The van der Waals surface area contributed by atoms with E-state index in [4.69, 9.17) is 19.1 Å². The van der Waals surface area contributed by atoms with E-state index in [0.717, 1.165) is 72.6 Å². The van der Waals surface area contributed by atoms with Gasteiger partial charge in [0.25, 0.3) is 0 Å². The first-order valence-corrected chi connectivity index (χ1v) is 17.2. The molecule has 0 bridgehead atoms. The lowest BCUT2D eigenvalue weighted by atomic mass is 9.66. The standard InChI is InChI=1S/C47H28N2O2/c1-2-13-29(14-3-1)40-28-41(30-25-26-34-33-17-6-10-23-42(33)50-44(34)27-30)49-46(48-40)35-18-12-22-39-45(35)51-43-24-11-9-21-38(43)47(39)36-19-7-4-15-31(36)32-16-5-8-20-37(32)47/h1-28H. The molecule has 0 fully saturated rings. The summed E-state index contributed by atoms with van der Waals surface area (Å²) in [5.41, 5.74) is 12.8. The van der Waals surface area contributed by atoms with Gasteiger partial charge >= 0.3 is 0 Å². The van der Waals surface area contributed by atoms with Crippen molar-refractivity contribution in [2.45, 2.75) is 5.41 Å². The molecule has 0 N–H and O–H groups in total. The van der Waals surface area contributed by atoms with Crippen molar-refractivity contribution in [3.05, 3.63) is 192 Å². The molecule has 51 heavy (non-hydrogen) atoms. The van der Waals surface area contributed by atoms with E-state index in [1.54, 1.807) is 0 Å². The smallest absolute Gasteiger partial charge is 0.164 e. The minimum atomic E-state index is -0.570. The monoisotopic (exact) mass is 652 g/mol. The highest BCUT2D eigenvalue weighted by molar-refractivity contribution is 6.05. The number of hydrogen-bond donors (Lipinski definition) is 0. The molecule has 9 aromatic rings. The van der Waals surface area contributed by atoms with Crippen molar-refractivity contribution in [2.75, 3.05) is 0 Å². The molecule has 4 heteroatoms. The van der Waals surface area contributed by atoms with Gasteiger partial charge < -0.3 is 9.15 Å². The lowest BCUT2D eigenvalue weighted by Crippen LogP contribution is -2.32. The number of hydrogen-bond acceptors (Lipinski definition) is 4. The molecule has 4 nitrogen and oxygen atoms in total. The van der Waals surface area contributed by atoms with Gasteiger partial charge in [-0.2, -0.15) is 0 Å². The maximum absolute atomic E-state index is 6.97. The van der Waals surface area contributed by atoms with Crippen molar-refractivity contribution in [3.63, 3.8) is 0 Å². The topological polar surface area (TPSA) is 48.2 Å². The van der Waals surface area contributed by atoms with E-state index in [1.165, 1.54) is 22.3 Å². The molecule has 7 aromatic carbocycles. The van der Waals surface area contributed by atoms with Gasteiger partial charge in [-0.05, 0) is 58.7 Å². The first kappa shape index (κ1) is 28.1. The summed E-state index contributed by atoms with van der Waals surface area (Å²) >= 11 is 0. The first-order chi connectivity index (χ1) is 25.3. The second kappa shape index (κ2) is 10.6. The van der Waals surface area contributed by atoms with Crippen molar-refractivity contribution in [2.24, 2.45) is 0 Å². The number of ether oxygens (including phenoxy) is 1. The molecule has 3 heterocycles. The van der Waals surface area contributed by atoms with Gasteiger partial charge in [0.15, 0.2) is 5.82 Å². The Bertz CT molecular complexity index is 2810. The Morgan fingerprint density at radius 3 is 1.82 bits per heavy atom. The molecule has 0 atom stereocenters. The van der Waals surface area contributed by atoms with Crippen LogP contribution in [-0.2, 0) is 5.41 Å². The molecule has 0 saturated carbocycles. The minimum absolute atomic E-state index is 0.570. The van der Waals surface area contributed by atoms with Crippen LogP contribution in [0.5, 0.6) is 11.5 Å². The highest BCUT2D eigenvalue weighted by atomic mass is 16.5. The van der Waals surface area contributed by atoms with Crippen LogP contribution in [0.4, 0.5) is 0 Å². The number of fused-ring (bicyclic) bond motifs is 12. The lowest BCUT2D eigenvalue weighted by molar-refractivity contribution is 0.437. The Balaban J connectivity index is 1.17. The van der Waals surface area contributed by atoms with E-state index in [1.807, 2.05) is 42.5 Å². The largest absolute Gasteiger partial charge is 0.456 e. The van der Waals surface area contributed by atoms with Crippen molar-refractivity contribution in [3.8, 4) is 56.5 Å². The molecule has 0 unspecified atom stereocenters. The van der Waals surface area contributed by atoms with Crippen molar-refractivity contribution < 1.29 is 9.15 Å². The van der Waals surface area contributed by atoms with Crippen LogP contribution in [-0.4, -0.2) is 9.97 Å². The lowest BCUT2D eigenvalue weighted by Gasteiger charge is -2.39. The Kier molecular flexibility index (Phi) is 5.84. The van der Waals surface area contributed by atoms with Gasteiger partial charge in [-0.25, -0.2) is 9.97 Å². The van der Waals surface area contributed by atoms with E-state index < -0.39 is 5.41 Å². The normalized spacial score (nSPS) is 13.4. The van der Waals surface area contributed by atoms with Gasteiger partial charge in [0.1, 0.15) is 22.7 Å². The minimum Gasteiger partial charge on any atom is -0.456 e. The van der Waals surface area contributed by atoms with Crippen molar-refractivity contribution >= 4 is 21.9 Å². The van der Waals surface area contributed by atoms with Crippen LogP contribution in [0.2, 0.25) is 0 Å². The van der Waals surface area contributed by atoms with Gasteiger partial charge in [-0.1, -0.05) is 133 Å². The van der Waals surface area contributed by atoms with Gasteiger partial charge in [0.05, 0.1) is 22.4 Å². The van der Waals surface area contributed by atoms with Gasteiger partial charge in [0, 0.05) is 33.0 Å². The second-order valence-corrected chi connectivity index (χ2v) is 13.3. The SMILES string of the molecule is c1ccc(-c2cc(-c3ccc4c(c3)oc3ccccc34)nc(-c3cccc4c3Oc3ccccc3C43c4ccccc4-c4ccccc43)n2)cc1. The maximum Gasteiger partial charge on any atom is 0.164 e. The molecule has 0 amide bonds. The van der Waals surface area contributed by atoms with Crippen LogP contribution < -0.4 is 4.74 Å². The predicted octanol–water partition coefficient (Wildman–Crippen LogP) is 11.8. The Morgan fingerprint density at radius 1 is 0.412 bits per heavy atom. The fourth-order valence-corrected chi connectivity index (χ4v) is 8.41. The zero-order chi connectivity index (χ0) is 33.5. The molecule has 1 aliphatic carbocycles. The second-order valence-electron chi connectivity index (χ2n) is 13.3. The summed E-state index contributed by atoms with van der Waals surface area (Å²) in [7, 11) is 0. The Labute approximate surface area is 294 Å². The third-order valence-corrected chi connectivity index (χ3v) is 10.6. The van der Waals surface area contributed by atoms with Crippen molar-refractivity contribution in [1.29, 1.82) is 0 Å². The Hall–Kier alpha value is -6.78. The molecule has 1 spiro atoms. The fraction of sp³-hybridized carbons (Fsp3) is 0.0213. The quantitative estimate of drug-likeness (QED) is 0.191. The summed E-state index contributed by atoms with van der Waals surface area (Å²) < 4.78 is 13.3. The molecule has 2 aromatic heterocycles. The van der Waals surface area contributed by atoms with Crippen LogP contribution in [0.15, 0.2) is 174 Å². The highest BCUT2D eigenvalue weighted by Gasteiger charge is 2.51. The van der Waals surface area contributed by atoms with Gasteiger partial charge in [-0.15, -0.1) is 0 Å². The Morgan fingerprint density at radius 2 is 1.02 bits per heavy atom. The van der Waals surface area contributed by atoms with Crippen LogP contribution >= 0.6 is 0 Å². The molecule has 0 saturated heterocycles. The number of aromatic nitrogens is 2. The third-order valence-electron chi connectivity index (χ3n) is 10.6. The van der Waals surface area contributed by atoms with E-state index in [2.05, 4.69) is 127 Å². The van der Waals surface area contributed by atoms with Crippen LogP contribution in [0.3, 0.4) is 0 Å². The molecule has 0 radical (unpaired) electrons. The van der Waals surface area contributed by atoms with Gasteiger partial charge in [-0.3, -0.25) is 0 Å². The molecule has 2 aliphatic rings. The van der Waals surface area contributed by atoms with Crippen LogP contribution in [0.25, 0.3) is 67.0 Å². The molecule has 1 aliphatic heterocycles. The average molecular weight is 653 g/mol. The summed E-state index contributed by atoms with van der Waals surface area (Å²) in [5.74, 6) is 2.20. The molecular formula is C47H28N2O2. The molecule has 11 rings (SSSR count). The zero-order valence-electron chi connectivity index (χ0n) is 27.4. The third kappa shape index (κ3) is 3.96. The number of para-hydroxylation sites is 3. The number of benzene rings is 7. The molecular weight excluding hydrogens is 625 g/mol. The average Bonchev–Trinajstić information content (AvgIpc) is 3.72. The maximum atomic E-state index is 6.97. The van der Waals surface area contributed by atoms with E-state index in [9.17, 15) is 0 Å². The first-order valence-electron chi connectivity index (χ1n) is 17.2. The summed E-state index contributed by atoms with van der Waals surface area (Å²) in [6.07, 6.45) is 0. The summed E-state index contributed by atoms with van der Waals surface area (Å²) in [6.45, 7) is 0. The predicted molar refractivity (Wildman–Crippen MR) is 203 cm³/mol. The number of furan rings is 1. The van der Waals surface area contributed by atoms with E-state index >= 15 is 0 Å². The summed E-state index contributed by atoms with van der Waals surface area (Å²) in [5, 5.41) is 2.18.